The van der Waals surface area contributed by atoms with E-state index in [1.54, 1.807) is 6.07 Å². The number of likely N-dealkylation sites (tertiary alicyclic amines) is 1. The Morgan fingerprint density at radius 1 is 1.53 bits per heavy atom. The maximum absolute atomic E-state index is 12.3. The Labute approximate surface area is 118 Å². The molecule has 0 radical (unpaired) electrons. The molecule has 0 saturated carbocycles. The van der Waals surface area contributed by atoms with Crippen molar-refractivity contribution < 1.29 is 14.8 Å². The molecule has 0 aromatic heterocycles. The van der Waals surface area contributed by atoms with Gasteiger partial charge in [-0.25, -0.2) is 0 Å². The van der Waals surface area contributed by atoms with Crippen LogP contribution in [0.2, 0.25) is 0 Å². The van der Waals surface area contributed by atoms with Crippen molar-refractivity contribution in [2.24, 2.45) is 0 Å². The molecule has 1 saturated heterocycles. The number of rotatable bonds is 2. The summed E-state index contributed by atoms with van der Waals surface area (Å²) in [5, 5.41) is 20.4. The molecule has 0 unspecified atom stereocenters. The number of benzene rings is 1. The third-order valence-corrected chi connectivity index (χ3v) is 3.92. The van der Waals surface area contributed by atoms with Gasteiger partial charge < -0.3 is 10.0 Å². The number of nitro groups is 1. The minimum absolute atomic E-state index is 0.136. The van der Waals surface area contributed by atoms with Gasteiger partial charge in [0.15, 0.2) is 0 Å². The Kier molecular flexibility index (Phi) is 4.16. The lowest BCUT2D eigenvalue weighted by atomic mass is 10.1. The lowest BCUT2D eigenvalue weighted by molar-refractivity contribution is -0.385. The van der Waals surface area contributed by atoms with Gasteiger partial charge in [0.05, 0.1) is 16.6 Å². The van der Waals surface area contributed by atoms with Crippen LogP contribution >= 0.6 is 15.9 Å². The van der Waals surface area contributed by atoms with Crippen LogP contribution in [-0.2, 0) is 0 Å². The van der Waals surface area contributed by atoms with Crippen molar-refractivity contribution in [2.75, 3.05) is 13.1 Å². The van der Waals surface area contributed by atoms with Gasteiger partial charge in [-0.05, 0) is 34.8 Å². The van der Waals surface area contributed by atoms with E-state index >= 15 is 0 Å². The molecule has 6 nitrogen and oxygen atoms in total. The fourth-order valence-electron chi connectivity index (χ4n) is 2.14. The largest absolute Gasteiger partial charge is 0.391 e. The molecule has 1 atom stereocenters. The number of nitro benzene ring substituents is 1. The van der Waals surface area contributed by atoms with E-state index in [0.29, 0.717) is 13.0 Å². The van der Waals surface area contributed by atoms with Crippen molar-refractivity contribution in [3.63, 3.8) is 0 Å². The number of nitrogens with zero attached hydrogens (tertiary/aromatic N) is 2. The molecule has 1 heterocycles. The SMILES string of the molecule is O=C(c1cccc([N+](=O)[O-])c1Br)N1CCC[C@H](O)C1. The third kappa shape index (κ3) is 2.93. The summed E-state index contributed by atoms with van der Waals surface area (Å²) in [5.41, 5.74) is 0.117. The zero-order chi connectivity index (χ0) is 14.0. The Balaban J connectivity index is 2.28. The minimum Gasteiger partial charge on any atom is -0.391 e. The zero-order valence-electron chi connectivity index (χ0n) is 10.1. The van der Waals surface area contributed by atoms with Crippen LogP contribution in [0.5, 0.6) is 0 Å². The highest BCUT2D eigenvalue weighted by Gasteiger charge is 2.26. The summed E-state index contributed by atoms with van der Waals surface area (Å²) in [7, 11) is 0. The molecular weight excluding hydrogens is 316 g/mol. The van der Waals surface area contributed by atoms with Crippen LogP contribution < -0.4 is 0 Å². The number of halogens is 1. The van der Waals surface area contributed by atoms with Crippen molar-refractivity contribution in [2.45, 2.75) is 18.9 Å². The van der Waals surface area contributed by atoms with Gasteiger partial charge in [-0.15, -0.1) is 0 Å². The Morgan fingerprint density at radius 3 is 2.89 bits per heavy atom. The maximum Gasteiger partial charge on any atom is 0.284 e. The molecule has 1 fully saturated rings. The van der Waals surface area contributed by atoms with E-state index < -0.39 is 11.0 Å². The van der Waals surface area contributed by atoms with Gasteiger partial charge in [0.1, 0.15) is 4.47 Å². The Hall–Kier alpha value is -1.47. The summed E-state index contributed by atoms with van der Waals surface area (Å²) in [6.07, 6.45) is 0.898. The van der Waals surface area contributed by atoms with Gasteiger partial charge in [0.25, 0.3) is 11.6 Å². The molecule has 0 spiro atoms. The summed E-state index contributed by atoms with van der Waals surface area (Å²) >= 11 is 3.11. The molecule has 1 aliphatic rings. The smallest absolute Gasteiger partial charge is 0.284 e. The molecule has 1 aliphatic heterocycles. The normalized spacial score (nSPS) is 19.3. The molecule has 0 aliphatic carbocycles. The minimum atomic E-state index is -0.536. The topological polar surface area (TPSA) is 83.7 Å². The fraction of sp³-hybridized carbons (Fsp3) is 0.417. The Morgan fingerprint density at radius 2 is 2.26 bits per heavy atom. The number of carbonyl (C=O) groups excluding carboxylic acids is 1. The molecule has 1 amide bonds. The number of carbonyl (C=O) groups is 1. The first kappa shape index (κ1) is 14.0. The standard InChI is InChI=1S/C12H13BrN2O4/c13-11-9(4-1-5-10(11)15(18)19)12(17)14-6-2-3-8(16)7-14/h1,4-5,8,16H,2-3,6-7H2/t8-/m0/s1. The molecule has 1 N–H and O–H groups in total. The fourth-order valence-corrected chi connectivity index (χ4v) is 2.71. The van der Waals surface area contributed by atoms with Gasteiger partial charge in [-0.2, -0.15) is 0 Å². The van der Waals surface area contributed by atoms with Crippen LogP contribution in [0.15, 0.2) is 22.7 Å². The van der Waals surface area contributed by atoms with Crippen LogP contribution in [0, 0.1) is 10.1 Å². The van der Waals surface area contributed by atoms with Gasteiger partial charge in [-0.3, -0.25) is 14.9 Å². The average molecular weight is 329 g/mol. The van der Waals surface area contributed by atoms with Gasteiger partial charge in [-0.1, -0.05) is 6.07 Å². The first-order chi connectivity index (χ1) is 9.00. The van der Waals surface area contributed by atoms with Crippen molar-refractivity contribution in [3.05, 3.63) is 38.3 Å². The van der Waals surface area contributed by atoms with Crippen LogP contribution in [0.3, 0.4) is 0 Å². The molecular formula is C12H13BrN2O4. The first-order valence-electron chi connectivity index (χ1n) is 5.91. The average Bonchev–Trinajstić information content (AvgIpc) is 2.38. The van der Waals surface area contributed by atoms with Crippen molar-refractivity contribution >= 4 is 27.5 Å². The first-order valence-corrected chi connectivity index (χ1v) is 6.70. The third-order valence-electron chi connectivity index (χ3n) is 3.09. The highest BCUT2D eigenvalue weighted by Crippen LogP contribution is 2.29. The monoisotopic (exact) mass is 328 g/mol. The van der Waals surface area contributed by atoms with E-state index in [0.717, 1.165) is 6.42 Å². The van der Waals surface area contributed by atoms with Crippen LogP contribution in [-0.4, -0.2) is 40.0 Å². The van der Waals surface area contributed by atoms with E-state index in [4.69, 9.17) is 0 Å². The summed E-state index contributed by atoms with van der Waals surface area (Å²) < 4.78 is 0.185. The van der Waals surface area contributed by atoms with Crippen LogP contribution in [0.4, 0.5) is 5.69 Å². The number of hydrogen-bond acceptors (Lipinski definition) is 4. The lowest BCUT2D eigenvalue weighted by Crippen LogP contribution is -2.42. The number of β-amino-alcohol motifs (C(OH)–C–C–N with tert-alkyl or cyclic N) is 1. The summed E-state index contributed by atoms with van der Waals surface area (Å²) in [6, 6.07) is 4.36. The molecule has 102 valence electrons. The zero-order valence-corrected chi connectivity index (χ0v) is 11.7. The highest BCUT2D eigenvalue weighted by atomic mass is 79.9. The van der Waals surface area contributed by atoms with Gasteiger partial charge >= 0.3 is 0 Å². The number of aliphatic hydroxyl groups is 1. The highest BCUT2D eigenvalue weighted by molar-refractivity contribution is 9.10. The number of amides is 1. The summed E-state index contributed by atoms with van der Waals surface area (Å²) in [6.45, 7) is 0.832. The number of hydrogen-bond donors (Lipinski definition) is 1. The number of aliphatic hydroxyl groups excluding tert-OH is 1. The number of piperidine rings is 1. The molecule has 2 rings (SSSR count). The molecule has 1 aromatic rings. The van der Waals surface area contributed by atoms with Crippen molar-refractivity contribution in [1.29, 1.82) is 0 Å². The molecule has 0 bridgehead atoms. The molecule has 1 aromatic carbocycles. The second kappa shape index (κ2) is 5.66. The summed E-state index contributed by atoms with van der Waals surface area (Å²) in [4.78, 5) is 24.1. The second-order valence-corrected chi connectivity index (χ2v) is 5.24. The predicted octanol–water partition coefficient (Wildman–Crippen LogP) is 1.95. The van der Waals surface area contributed by atoms with Crippen molar-refractivity contribution in [1.82, 2.24) is 4.90 Å². The van der Waals surface area contributed by atoms with E-state index in [2.05, 4.69) is 15.9 Å². The van der Waals surface area contributed by atoms with E-state index in [1.807, 2.05) is 0 Å². The van der Waals surface area contributed by atoms with E-state index in [1.165, 1.54) is 17.0 Å². The lowest BCUT2D eigenvalue weighted by Gasteiger charge is -2.30. The van der Waals surface area contributed by atoms with E-state index in [9.17, 15) is 20.0 Å². The second-order valence-electron chi connectivity index (χ2n) is 4.44. The van der Waals surface area contributed by atoms with Gasteiger partial charge in [0, 0.05) is 19.2 Å². The van der Waals surface area contributed by atoms with Gasteiger partial charge in [0.2, 0.25) is 0 Å². The van der Waals surface area contributed by atoms with Crippen LogP contribution in [0.1, 0.15) is 23.2 Å². The van der Waals surface area contributed by atoms with E-state index in [-0.39, 0.29) is 28.2 Å². The maximum atomic E-state index is 12.3. The molecule has 7 heteroatoms. The summed E-state index contributed by atoms with van der Waals surface area (Å²) in [5.74, 6) is -0.297. The quantitative estimate of drug-likeness (QED) is 0.664. The molecule has 19 heavy (non-hydrogen) atoms. The Bertz CT molecular complexity index is 520. The van der Waals surface area contributed by atoms with Crippen molar-refractivity contribution in [3.8, 4) is 0 Å². The predicted molar refractivity (Wildman–Crippen MR) is 71.9 cm³/mol. The van der Waals surface area contributed by atoms with Crippen LogP contribution in [0.25, 0.3) is 0 Å².